The molecule has 2 aromatic carbocycles. The van der Waals surface area contributed by atoms with Gasteiger partial charge in [-0.1, -0.05) is 18.2 Å². The molecule has 0 aliphatic carbocycles. The highest BCUT2D eigenvalue weighted by molar-refractivity contribution is 5.93. The first-order valence-corrected chi connectivity index (χ1v) is 7.56. The lowest BCUT2D eigenvalue weighted by molar-refractivity contribution is 0.194. The summed E-state index contributed by atoms with van der Waals surface area (Å²) in [6, 6.07) is 14.0. The van der Waals surface area contributed by atoms with Crippen LogP contribution < -0.4 is 0 Å². The van der Waals surface area contributed by atoms with Crippen molar-refractivity contribution in [2.75, 3.05) is 0 Å². The van der Waals surface area contributed by atoms with Gasteiger partial charge in [0, 0.05) is 10.9 Å². The van der Waals surface area contributed by atoms with E-state index in [9.17, 15) is 5.11 Å². The van der Waals surface area contributed by atoms with Gasteiger partial charge in [0.1, 0.15) is 11.3 Å². The van der Waals surface area contributed by atoms with Crippen LogP contribution in [-0.4, -0.2) is 15.1 Å². The highest BCUT2D eigenvalue weighted by Crippen LogP contribution is 2.32. The number of para-hydroxylation sites is 1. The fourth-order valence-corrected chi connectivity index (χ4v) is 2.78. The Bertz CT molecular complexity index is 985. The minimum absolute atomic E-state index is 0.568. The topological polar surface area (TPSA) is 59.2 Å². The molecule has 1 atom stereocenters. The summed E-state index contributed by atoms with van der Waals surface area (Å²) in [4.78, 5) is 9.03. The standard InChI is InChI=1S/C19H16N2O2/c1-11-7-14(18-9-13-5-3-4-6-17(13)23-18)19-15(8-11)21-16(10-20-19)12(2)22/h3-10,12,22H,1-2H3. The summed E-state index contributed by atoms with van der Waals surface area (Å²) in [5.41, 5.74) is 4.95. The van der Waals surface area contributed by atoms with Crippen molar-refractivity contribution < 1.29 is 9.52 Å². The van der Waals surface area contributed by atoms with E-state index in [-0.39, 0.29) is 0 Å². The normalized spacial score (nSPS) is 12.8. The average molecular weight is 304 g/mol. The van der Waals surface area contributed by atoms with E-state index < -0.39 is 6.10 Å². The van der Waals surface area contributed by atoms with Gasteiger partial charge in [0.15, 0.2) is 0 Å². The molecule has 4 aromatic rings. The smallest absolute Gasteiger partial charge is 0.137 e. The fourth-order valence-electron chi connectivity index (χ4n) is 2.78. The molecule has 23 heavy (non-hydrogen) atoms. The quantitative estimate of drug-likeness (QED) is 0.596. The van der Waals surface area contributed by atoms with Crippen LogP contribution in [0.4, 0.5) is 0 Å². The first-order chi connectivity index (χ1) is 11.1. The second-order valence-corrected chi connectivity index (χ2v) is 5.80. The third-order valence-corrected chi connectivity index (χ3v) is 3.93. The number of benzene rings is 2. The highest BCUT2D eigenvalue weighted by Gasteiger charge is 2.14. The van der Waals surface area contributed by atoms with Crippen LogP contribution in [0.25, 0.3) is 33.3 Å². The van der Waals surface area contributed by atoms with Gasteiger partial charge in [-0.25, -0.2) is 4.98 Å². The Kier molecular flexibility index (Phi) is 3.13. The van der Waals surface area contributed by atoms with Crippen LogP contribution in [0.15, 0.2) is 53.1 Å². The lowest BCUT2D eigenvalue weighted by atomic mass is 10.1. The summed E-state index contributed by atoms with van der Waals surface area (Å²) in [6.45, 7) is 3.70. The second-order valence-electron chi connectivity index (χ2n) is 5.80. The molecule has 0 fully saturated rings. The first kappa shape index (κ1) is 13.9. The second kappa shape index (κ2) is 5.18. The highest BCUT2D eigenvalue weighted by atomic mass is 16.3. The summed E-state index contributed by atoms with van der Waals surface area (Å²) in [6.07, 6.45) is 0.983. The molecular weight excluding hydrogens is 288 g/mol. The van der Waals surface area contributed by atoms with Crippen molar-refractivity contribution in [2.45, 2.75) is 20.0 Å². The SMILES string of the molecule is Cc1cc(-c2cc3ccccc3o2)c2ncc(C(C)O)nc2c1. The Morgan fingerprint density at radius 2 is 1.96 bits per heavy atom. The lowest BCUT2D eigenvalue weighted by Gasteiger charge is -2.08. The van der Waals surface area contributed by atoms with Crippen molar-refractivity contribution in [1.82, 2.24) is 9.97 Å². The molecule has 0 aliphatic heterocycles. The predicted octanol–water partition coefficient (Wildman–Crippen LogP) is 4.40. The van der Waals surface area contributed by atoms with E-state index in [1.165, 1.54) is 0 Å². The van der Waals surface area contributed by atoms with Crippen molar-refractivity contribution in [2.24, 2.45) is 0 Å². The van der Waals surface area contributed by atoms with Gasteiger partial charge < -0.3 is 9.52 Å². The average Bonchev–Trinajstić information content (AvgIpc) is 2.97. The number of rotatable bonds is 2. The fraction of sp³-hybridized carbons (Fsp3) is 0.158. The zero-order valence-electron chi connectivity index (χ0n) is 12.9. The summed E-state index contributed by atoms with van der Waals surface area (Å²) in [5, 5.41) is 10.8. The molecule has 0 saturated carbocycles. The zero-order valence-corrected chi connectivity index (χ0v) is 12.9. The maximum atomic E-state index is 9.71. The van der Waals surface area contributed by atoms with Gasteiger partial charge in [-0.05, 0) is 43.7 Å². The minimum Gasteiger partial charge on any atom is -0.456 e. The molecule has 1 N–H and O–H groups in total. The zero-order chi connectivity index (χ0) is 16.0. The van der Waals surface area contributed by atoms with Gasteiger partial charge in [-0.3, -0.25) is 4.98 Å². The summed E-state index contributed by atoms with van der Waals surface area (Å²) in [5.74, 6) is 0.777. The lowest BCUT2D eigenvalue weighted by Crippen LogP contribution is -1.98. The Labute approximate surface area is 133 Å². The van der Waals surface area contributed by atoms with Gasteiger partial charge >= 0.3 is 0 Å². The summed E-state index contributed by atoms with van der Waals surface area (Å²) in [7, 11) is 0. The van der Waals surface area contributed by atoms with E-state index in [1.807, 2.05) is 43.3 Å². The van der Waals surface area contributed by atoms with Crippen molar-refractivity contribution in [3.05, 3.63) is 59.9 Å². The summed E-state index contributed by atoms with van der Waals surface area (Å²) < 4.78 is 5.98. The van der Waals surface area contributed by atoms with E-state index in [0.29, 0.717) is 5.69 Å². The number of aliphatic hydroxyl groups is 1. The molecule has 2 aromatic heterocycles. The number of aliphatic hydroxyl groups excluding tert-OH is 1. The number of furan rings is 1. The molecule has 0 radical (unpaired) electrons. The molecule has 2 heterocycles. The van der Waals surface area contributed by atoms with Gasteiger partial charge in [0.2, 0.25) is 0 Å². The van der Waals surface area contributed by atoms with Crippen molar-refractivity contribution >= 4 is 22.0 Å². The molecule has 4 heteroatoms. The largest absolute Gasteiger partial charge is 0.456 e. The Morgan fingerprint density at radius 1 is 1.13 bits per heavy atom. The van der Waals surface area contributed by atoms with Gasteiger partial charge in [-0.15, -0.1) is 0 Å². The maximum absolute atomic E-state index is 9.71. The van der Waals surface area contributed by atoms with Gasteiger partial charge in [-0.2, -0.15) is 0 Å². The monoisotopic (exact) mass is 304 g/mol. The number of aryl methyl sites for hydroxylation is 1. The van der Waals surface area contributed by atoms with Crippen molar-refractivity contribution in [3.63, 3.8) is 0 Å². The predicted molar refractivity (Wildman–Crippen MR) is 90.1 cm³/mol. The molecule has 4 nitrogen and oxygen atoms in total. The molecule has 4 rings (SSSR count). The molecule has 0 spiro atoms. The third kappa shape index (κ3) is 2.37. The van der Waals surface area contributed by atoms with Crippen LogP contribution >= 0.6 is 0 Å². The maximum Gasteiger partial charge on any atom is 0.137 e. The number of nitrogens with zero attached hydrogens (tertiary/aromatic N) is 2. The number of hydrogen-bond donors (Lipinski definition) is 1. The van der Waals surface area contributed by atoms with E-state index >= 15 is 0 Å². The van der Waals surface area contributed by atoms with E-state index in [0.717, 1.165) is 38.9 Å². The minimum atomic E-state index is -0.637. The molecule has 1 unspecified atom stereocenters. The van der Waals surface area contributed by atoms with Gasteiger partial charge in [0.05, 0.1) is 29.0 Å². The number of hydrogen-bond acceptors (Lipinski definition) is 4. The van der Waals surface area contributed by atoms with Crippen molar-refractivity contribution in [3.8, 4) is 11.3 Å². The van der Waals surface area contributed by atoms with Crippen LogP contribution in [0.2, 0.25) is 0 Å². The number of aromatic nitrogens is 2. The Hall–Kier alpha value is -2.72. The van der Waals surface area contributed by atoms with Crippen LogP contribution in [0.5, 0.6) is 0 Å². The van der Waals surface area contributed by atoms with Crippen LogP contribution in [0.1, 0.15) is 24.3 Å². The van der Waals surface area contributed by atoms with E-state index in [4.69, 9.17) is 4.42 Å². The molecule has 114 valence electrons. The number of fused-ring (bicyclic) bond motifs is 2. The molecule has 0 saturated heterocycles. The third-order valence-electron chi connectivity index (χ3n) is 3.93. The van der Waals surface area contributed by atoms with Gasteiger partial charge in [0.25, 0.3) is 0 Å². The van der Waals surface area contributed by atoms with Crippen molar-refractivity contribution in [1.29, 1.82) is 0 Å². The van der Waals surface area contributed by atoms with Crippen LogP contribution in [0.3, 0.4) is 0 Å². The van der Waals surface area contributed by atoms with Crippen LogP contribution in [-0.2, 0) is 0 Å². The Balaban J connectivity index is 1.98. The van der Waals surface area contributed by atoms with E-state index in [1.54, 1.807) is 13.1 Å². The first-order valence-electron chi connectivity index (χ1n) is 7.56. The molecule has 0 amide bonds. The van der Waals surface area contributed by atoms with E-state index in [2.05, 4.69) is 16.0 Å². The molecule has 0 aliphatic rings. The Morgan fingerprint density at radius 3 is 2.74 bits per heavy atom. The summed E-state index contributed by atoms with van der Waals surface area (Å²) >= 11 is 0. The molecule has 0 bridgehead atoms. The van der Waals surface area contributed by atoms with Crippen LogP contribution in [0, 0.1) is 6.92 Å². The molecular formula is C19H16N2O2.